The summed E-state index contributed by atoms with van der Waals surface area (Å²) in [4.78, 5) is 0. The Hall–Kier alpha value is -1.20. The van der Waals surface area contributed by atoms with Gasteiger partial charge in [-0.2, -0.15) is 0 Å². The number of aromatic hydroxyl groups is 1. The van der Waals surface area contributed by atoms with Crippen LogP contribution in [-0.2, 0) is 0 Å². The Balaban J connectivity index is 2.86. The molecule has 0 aliphatic rings. The average Bonchev–Trinajstić information content (AvgIpc) is 2.19. The van der Waals surface area contributed by atoms with E-state index in [1.165, 1.54) is 0 Å². The molecule has 0 spiro atoms. The van der Waals surface area contributed by atoms with Crippen molar-refractivity contribution in [1.29, 1.82) is 0 Å². The fraction of sp³-hybridized carbons (Fsp3) is 0.455. The lowest BCUT2D eigenvalue weighted by atomic mass is 10.1. The summed E-state index contributed by atoms with van der Waals surface area (Å²) in [5.41, 5.74) is 0.137. The summed E-state index contributed by atoms with van der Waals surface area (Å²) in [6.07, 6.45) is -0.567. The molecule has 0 saturated heterocycles. The van der Waals surface area contributed by atoms with Crippen molar-refractivity contribution in [3.8, 4) is 5.75 Å². The summed E-state index contributed by atoms with van der Waals surface area (Å²) in [5, 5.41) is 21.3. The maximum atomic E-state index is 13.0. The van der Waals surface area contributed by atoms with Crippen LogP contribution in [0.25, 0.3) is 0 Å². The van der Waals surface area contributed by atoms with E-state index in [-0.39, 0.29) is 12.1 Å². The maximum Gasteiger partial charge on any atom is 0.168 e. The molecule has 16 heavy (non-hydrogen) atoms. The highest BCUT2D eigenvalue weighted by Crippen LogP contribution is 2.27. The first-order valence-corrected chi connectivity index (χ1v) is 5.01. The highest BCUT2D eigenvalue weighted by molar-refractivity contribution is 5.36. The van der Waals surface area contributed by atoms with E-state index in [0.717, 1.165) is 6.07 Å². The smallest absolute Gasteiger partial charge is 0.168 e. The average molecular weight is 231 g/mol. The lowest BCUT2D eigenvalue weighted by Gasteiger charge is -2.17. The van der Waals surface area contributed by atoms with Gasteiger partial charge in [0, 0.05) is 24.2 Å². The van der Waals surface area contributed by atoms with Crippen molar-refractivity contribution < 1.29 is 19.0 Å². The van der Waals surface area contributed by atoms with Gasteiger partial charge in [-0.05, 0) is 19.9 Å². The molecule has 0 fully saturated rings. The van der Waals surface area contributed by atoms with E-state index in [4.69, 9.17) is 5.11 Å². The van der Waals surface area contributed by atoms with Gasteiger partial charge >= 0.3 is 0 Å². The molecule has 3 nitrogen and oxygen atoms in total. The van der Waals surface area contributed by atoms with Crippen molar-refractivity contribution in [2.45, 2.75) is 26.0 Å². The SMILES string of the molecule is CC(O)CNC(C)c1cc(F)cc(F)c1O. The summed E-state index contributed by atoms with van der Waals surface area (Å²) in [5.74, 6) is -2.29. The van der Waals surface area contributed by atoms with Gasteiger partial charge in [0.05, 0.1) is 6.10 Å². The zero-order valence-corrected chi connectivity index (χ0v) is 9.17. The number of phenols is 1. The van der Waals surface area contributed by atoms with Crippen LogP contribution in [0.5, 0.6) is 5.75 Å². The molecule has 2 atom stereocenters. The lowest BCUT2D eigenvalue weighted by Crippen LogP contribution is -2.27. The van der Waals surface area contributed by atoms with E-state index in [1.807, 2.05) is 0 Å². The van der Waals surface area contributed by atoms with Crippen molar-refractivity contribution >= 4 is 0 Å². The van der Waals surface area contributed by atoms with Gasteiger partial charge in [-0.1, -0.05) is 0 Å². The zero-order chi connectivity index (χ0) is 12.3. The van der Waals surface area contributed by atoms with E-state index in [0.29, 0.717) is 6.07 Å². The van der Waals surface area contributed by atoms with E-state index < -0.39 is 29.5 Å². The molecule has 0 amide bonds. The fourth-order valence-electron chi connectivity index (χ4n) is 1.37. The number of hydrogen-bond donors (Lipinski definition) is 3. The van der Waals surface area contributed by atoms with E-state index in [9.17, 15) is 13.9 Å². The van der Waals surface area contributed by atoms with Crippen LogP contribution >= 0.6 is 0 Å². The second kappa shape index (κ2) is 5.23. The number of hydrogen-bond acceptors (Lipinski definition) is 3. The normalized spacial score (nSPS) is 14.8. The molecule has 5 heteroatoms. The van der Waals surface area contributed by atoms with Crippen LogP contribution in [0.2, 0.25) is 0 Å². The third kappa shape index (κ3) is 3.15. The van der Waals surface area contributed by atoms with Crippen LogP contribution in [0.4, 0.5) is 8.78 Å². The molecule has 0 radical (unpaired) electrons. The lowest BCUT2D eigenvalue weighted by molar-refractivity contribution is 0.187. The molecule has 3 N–H and O–H groups in total. The number of aliphatic hydroxyl groups excluding tert-OH is 1. The molecule has 0 aliphatic carbocycles. The minimum atomic E-state index is -0.985. The van der Waals surface area contributed by atoms with E-state index in [2.05, 4.69) is 5.32 Å². The summed E-state index contributed by atoms with van der Waals surface area (Å²) >= 11 is 0. The van der Waals surface area contributed by atoms with Gasteiger partial charge in [0.15, 0.2) is 11.6 Å². The molecule has 90 valence electrons. The van der Waals surface area contributed by atoms with Crippen molar-refractivity contribution in [2.24, 2.45) is 0 Å². The summed E-state index contributed by atoms with van der Waals surface area (Å²) in [6.45, 7) is 3.51. The molecule has 0 bridgehead atoms. The molecule has 0 heterocycles. The molecule has 0 aromatic heterocycles. The van der Waals surface area contributed by atoms with Crippen LogP contribution in [0.15, 0.2) is 12.1 Å². The molecular formula is C11H15F2NO2. The number of halogens is 2. The van der Waals surface area contributed by atoms with Crippen LogP contribution < -0.4 is 5.32 Å². The number of rotatable bonds is 4. The second-order valence-corrected chi connectivity index (χ2v) is 3.80. The van der Waals surface area contributed by atoms with Gasteiger partial charge in [0.2, 0.25) is 0 Å². The molecule has 1 aromatic carbocycles. The summed E-state index contributed by atoms with van der Waals surface area (Å²) < 4.78 is 26.0. The first-order chi connectivity index (χ1) is 7.41. The monoisotopic (exact) mass is 231 g/mol. The minimum absolute atomic E-state index is 0.137. The highest BCUT2D eigenvalue weighted by Gasteiger charge is 2.15. The Kier molecular flexibility index (Phi) is 4.20. The Morgan fingerprint density at radius 2 is 1.94 bits per heavy atom. The van der Waals surface area contributed by atoms with Crippen molar-refractivity contribution in [1.82, 2.24) is 5.32 Å². The zero-order valence-electron chi connectivity index (χ0n) is 9.17. The maximum absolute atomic E-state index is 13.0. The Labute approximate surface area is 92.7 Å². The third-order valence-corrected chi connectivity index (χ3v) is 2.24. The van der Waals surface area contributed by atoms with Crippen molar-refractivity contribution in [3.63, 3.8) is 0 Å². The van der Waals surface area contributed by atoms with Gasteiger partial charge in [-0.15, -0.1) is 0 Å². The Morgan fingerprint density at radius 3 is 2.50 bits per heavy atom. The van der Waals surface area contributed by atoms with E-state index in [1.54, 1.807) is 13.8 Å². The quantitative estimate of drug-likeness (QED) is 0.739. The topological polar surface area (TPSA) is 52.5 Å². The van der Waals surface area contributed by atoms with Gasteiger partial charge in [0.25, 0.3) is 0 Å². The number of aliphatic hydroxyl groups is 1. The second-order valence-electron chi connectivity index (χ2n) is 3.80. The molecule has 2 unspecified atom stereocenters. The van der Waals surface area contributed by atoms with Gasteiger partial charge < -0.3 is 15.5 Å². The van der Waals surface area contributed by atoms with Crippen LogP contribution in [-0.4, -0.2) is 22.9 Å². The number of nitrogens with one attached hydrogen (secondary N) is 1. The summed E-state index contributed by atoms with van der Waals surface area (Å²) in [6, 6.07) is 1.25. The van der Waals surface area contributed by atoms with E-state index >= 15 is 0 Å². The van der Waals surface area contributed by atoms with Gasteiger partial charge in [0.1, 0.15) is 5.82 Å². The van der Waals surface area contributed by atoms with Crippen molar-refractivity contribution in [2.75, 3.05) is 6.54 Å². The predicted octanol–water partition coefficient (Wildman–Crippen LogP) is 1.70. The van der Waals surface area contributed by atoms with Gasteiger partial charge in [-0.3, -0.25) is 0 Å². The minimum Gasteiger partial charge on any atom is -0.505 e. The molecule has 1 rings (SSSR count). The fourth-order valence-corrected chi connectivity index (χ4v) is 1.37. The third-order valence-electron chi connectivity index (χ3n) is 2.24. The summed E-state index contributed by atoms with van der Waals surface area (Å²) in [7, 11) is 0. The predicted molar refractivity (Wildman–Crippen MR) is 56.1 cm³/mol. The first-order valence-electron chi connectivity index (χ1n) is 5.01. The van der Waals surface area contributed by atoms with Crippen molar-refractivity contribution in [3.05, 3.63) is 29.3 Å². The first kappa shape index (κ1) is 12.9. The molecular weight excluding hydrogens is 216 g/mol. The van der Waals surface area contributed by atoms with Crippen LogP contribution in [0.3, 0.4) is 0 Å². The molecule has 1 aromatic rings. The molecule has 0 saturated carbocycles. The number of phenolic OH excluding ortho intramolecular Hbond substituents is 1. The molecule has 0 aliphatic heterocycles. The van der Waals surface area contributed by atoms with Crippen LogP contribution in [0, 0.1) is 11.6 Å². The van der Waals surface area contributed by atoms with Crippen LogP contribution in [0.1, 0.15) is 25.5 Å². The number of benzene rings is 1. The Bertz CT molecular complexity index is 369. The van der Waals surface area contributed by atoms with Gasteiger partial charge in [-0.25, -0.2) is 8.78 Å². The highest BCUT2D eigenvalue weighted by atomic mass is 19.1. The standard InChI is InChI=1S/C11H15F2NO2/c1-6(15)5-14-7(2)9-3-8(12)4-10(13)11(9)16/h3-4,6-7,14-16H,5H2,1-2H3. The largest absolute Gasteiger partial charge is 0.505 e. The Morgan fingerprint density at radius 1 is 1.31 bits per heavy atom.